The van der Waals surface area contributed by atoms with E-state index in [-0.39, 0.29) is 12.2 Å². The molecule has 0 saturated carbocycles. The van der Waals surface area contributed by atoms with Crippen molar-refractivity contribution >= 4 is 35.2 Å². The number of anilines is 1. The predicted octanol–water partition coefficient (Wildman–Crippen LogP) is 5.20. The van der Waals surface area contributed by atoms with Gasteiger partial charge in [-0.3, -0.25) is 9.20 Å². The van der Waals surface area contributed by atoms with Crippen LogP contribution in [0.2, 0.25) is 0 Å². The lowest BCUT2D eigenvalue weighted by Gasteiger charge is -2.20. The number of rotatable bonds is 6. The molecule has 4 rings (SSSR count). The lowest BCUT2D eigenvalue weighted by molar-refractivity contribution is -0.129. The molecular weight excluding hydrogens is 457 g/mol. The average Bonchev–Trinajstić information content (AvgIpc) is 3.41. The third kappa shape index (κ3) is 4.98. The highest BCUT2D eigenvalue weighted by atomic mass is 32.1. The van der Waals surface area contributed by atoms with Crippen LogP contribution in [0.4, 0.5) is 23.7 Å². The summed E-state index contributed by atoms with van der Waals surface area (Å²) in [7, 11) is 0. The summed E-state index contributed by atoms with van der Waals surface area (Å²) in [6.45, 7) is 0.430. The van der Waals surface area contributed by atoms with Crippen molar-refractivity contribution in [1.82, 2.24) is 14.7 Å². The van der Waals surface area contributed by atoms with Crippen molar-refractivity contribution in [3.05, 3.63) is 65.8 Å². The summed E-state index contributed by atoms with van der Waals surface area (Å²) >= 11 is 1.68. The molecule has 0 atom stereocenters. The molecule has 3 aromatic heterocycles. The zero-order valence-corrected chi connectivity index (χ0v) is 18.0. The maximum absolute atomic E-state index is 12.5. The first-order valence-corrected chi connectivity index (χ1v) is 10.5. The van der Waals surface area contributed by atoms with Crippen LogP contribution in [-0.4, -0.2) is 34.6 Å². The Morgan fingerprint density at radius 3 is 2.73 bits per heavy atom. The quantitative estimate of drug-likeness (QED) is 0.308. The normalized spacial score (nSPS) is 11.4. The Morgan fingerprint density at radius 2 is 2.03 bits per heavy atom. The minimum atomic E-state index is -4.61. The average molecular weight is 474 g/mol. The SMILES string of the molecule is Cc1ccc(-c2ccn3c(-c4cccc(N(OC=O)C(=O)NCC(F)(F)F)c4)cnc3c2)s1. The molecule has 170 valence electrons. The van der Waals surface area contributed by atoms with E-state index in [1.54, 1.807) is 35.0 Å². The molecule has 0 spiro atoms. The van der Waals surface area contributed by atoms with Crippen LogP contribution in [0, 0.1) is 6.92 Å². The van der Waals surface area contributed by atoms with Gasteiger partial charge in [-0.15, -0.1) is 16.4 Å². The molecule has 0 radical (unpaired) electrons. The molecule has 0 bridgehead atoms. The monoisotopic (exact) mass is 474 g/mol. The number of carbonyl (C=O) groups excluding carboxylic acids is 2. The summed E-state index contributed by atoms with van der Waals surface area (Å²) in [5.74, 6) is 0. The number of hydrogen-bond donors (Lipinski definition) is 1. The summed E-state index contributed by atoms with van der Waals surface area (Å²) in [5.41, 5.74) is 3.09. The number of fused-ring (bicyclic) bond motifs is 1. The molecule has 4 aromatic rings. The zero-order chi connectivity index (χ0) is 23.6. The van der Waals surface area contributed by atoms with E-state index in [9.17, 15) is 22.8 Å². The number of hydrogen-bond acceptors (Lipinski definition) is 5. The van der Waals surface area contributed by atoms with Gasteiger partial charge >= 0.3 is 18.7 Å². The van der Waals surface area contributed by atoms with Crippen molar-refractivity contribution in [3.63, 3.8) is 0 Å². The summed E-state index contributed by atoms with van der Waals surface area (Å²) in [4.78, 5) is 34.4. The van der Waals surface area contributed by atoms with Crippen LogP contribution in [0.5, 0.6) is 0 Å². The van der Waals surface area contributed by atoms with Gasteiger partial charge in [-0.05, 0) is 48.9 Å². The van der Waals surface area contributed by atoms with Gasteiger partial charge in [0.1, 0.15) is 12.2 Å². The van der Waals surface area contributed by atoms with Gasteiger partial charge < -0.3 is 10.2 Å². The molecule has 11 heteroatoms. The number of hydroxylamine groups is 1. The van der Waals surface area contributed by atoms with Crippen LogP contribution >= 0.6 is 11.3 Å². The van der Waals surface area contributed by atoms with Crippen LogP contribution in [-0.2, 0) is 9.63 Å². The number of halogens is 3. The van der Waals surface area contributed by atoms with E-state index in [0.717, 1.165) is 10.4 Å². The first kappa shape index (κ1) is 22.3. The van der Waals surface area contributed by atoms with Crippen molar-refractivity contribution < 1.29 is 27.6 Å². The van der Waals surface area contributed by atoms with Gasteiger partial charge in [0.25, 0.3) is 0 Å². The van der Waals surface area contributed by atoms with E-state index < -0.39 is 18.8 Å². The first-order valence-electron chi connectivity index (χ1n) is 9.64. The van der Waals surface area contributed by atoms with E-state index in [4.69, 9.17) is 0 Å². The molecular formula is C22H17F3N4O3S. The van der Waals surface area contributed by atoms with E-state index in [0.29, 0.717) is 22.0 Å². The number of urea groups is 1. The Kier molecular flexibility index (Phi) is 6.05. The Hall–Kier alpha value is -3.86. The molecule has 0 saturated heterocycles. The molecule has 0 aliphatic rings. The minimum absolute atomic E-state index is 0.0398. The number of nitrogens with zero attached hydrogens (tertiary/aromatic N) is 3. The van der Waals surface area contributed by atoms with Crippen LogP contribution in [0.15, 0.2) is 60.9 Å². The molecule has 0 aliphatic carbocycles. The van der Waals surface area contributed by atoms with Gasteiger partial charge in [-0.1, -0.05) is 12.1 Å². The highest BCUT2D eigenvalue weighted by molar-refractivity contribution is 7.15. The molecule has 3 heterocycles. The molecule has 0 unspecified atom stereocenters. The number of nitrogens with one attached hydrogen (secondary N) is 1. The Bertz CT molecular complexity index is 1320. The number of pyridine rings is 1. The third-order valence-electron chi connectivity index (χ3n) is 4.69. The predicted molar refractivity (Wildman–Crippen MR) is 118 cm³/mol. The Balaban J connectivity index is 1.65. The smallest absolute Gasteiger partial charge is 0.335 e. The van der Waals surface area contributed by atoms with Crippen LogP contribution in [0.25, 0.3) is 27.3 Å². The lowest BCUT2D eigenvalue weighted by Crippen LogP contribution is -2.43. The Morgan fingerprint density at radius 1 is 1.21 bits per heavy atom. The van der Waals surface area contributed by atoms with Crippen molar-refractivity contribution in [2.24, 2.45) is 0 Å². The van der Waals surface area contributed by atoms with Crippen LogP contribution < -0.4 is 10.4 Å². The summed E-state index contributed by atoms with van der Waals surface area (Å²) in [6, 6.07) is 13.0. The topological polar surface area (TPSA) is 75.9 Å². The van der Waals surface area contributed by atoms with Gasteiger partial charge in [0.15, 0.2) is 0 Å². The summed E-state index contributed by atoms with van der Waals surface area (Å²) in [6.07, 6.45) is -1.10. The number of aryl methyl sites for hydroxylation is 1. The summed E-state index contributed by atoms with van der Waals surface area (Å²) in [5, 5.41) is 2.14. The third-order valence-corrected chi connectivity index (χ3v) is 5.74. The first-order chi connectivity index (χ1) is 15.7. The maximum Gasteiger partial charge on any atom is 0.405 e. The van der Waals surface area contributed by atoms with E-state index >= 15 is 0 Å². The standard InChI is InChI=1S/C22H17F3N4O3S/c1-14-5-6-19(33-14)16-7-8-28-18(11-26-20(28)10-16)15-3-2-4-17(9-15)29(32-13-30)21(31)27-12-22(23,24)25/h2-11,13H,12H2,1H3,(H,27,31). The maximum atomic E-state index is 12.5. The number of amides is 2. The minimum Gasteiger partial charge on any atom is -0.335 e. The van der Waals surface area contributed by atoms with Gasteiger partial charge in [0.2, 0.25) is 0 Å². The van der Waals surface area contributed by atoms with Gasteiger partial charge in [-0.25, -0.2) is 9.78 Å². The van der Waals surface area contributed by atoms with Crippen molar-refractivity contribution in [2.45, 2.75) is 13.1 Å². The highest BCUT2D eigenvalue weighted by Gasteiger charge is 2.30. The van der Waals surface area contributed by atoms with E-state index in [1.807, 2.05) is 41.8 Å². The number of alkyl halides is 3. The van der Waals surface area contributed by atoms with Gasteiger partial charge in [0.05, 0.1) is 17.6 Å². The fourth-order valence-electron chi connectivity index (χ4n) is 3.25. The van der Waals surface area contributed by atoms with Gasteiger partial charge in [-0.2, -0.15) is 13.2 Å². The molecule has 33 heavy (non-hydrogen) atoms. The van der Waals surface area contributed by atoms with Crippen LogP contribution in [0.3, 0.4) is 0 Å². The van der Waals surface area contributed by atoms with Gasteiger partial charge in [0, 0.05) is 21.5 Å². The fourth-order valence-corrected chi connectivity index (χ4v) is 4.11. The number of imidazole rings is 1. The second kappa shape index (κ2) is 8.94. The highest BCUT2D eigenvalue weighted by Crippen LogP contribution is 2.31. The molecule has 7 nitrogen and oxygen atoms in total. The van der Waals surface area contributed by atoms with E-state index in [1.165, 1.54) is 17.0 Å². The number of thiophene rings is 1. The second-order valence-corrected chi connectivity index (χ2v) is 8.31. The van der Waals surface area contributed by atoms with Crippen LogP contribution in [0.1, 0.15) is 4.88 Å². The van der Waals surface area contributed by atoms with E-state index in [2.05, 4.69) is 9.82 Å². The molecule has 2 amide bonds. The fraction of sp³-hybridized carbons (Fsp3) is 0.136. The zero-order valence-electron chi connectivity index (χ0n) is 17.2. The van der Waals surface area contributed by atoms with Crippen molar-refractivity contribution in [1.29, 1.82) is 0 Å². The molecule has 1 aromatic carbocycles. The number of aromatic nitrogens is 2. The van der Waals surface area contributed by atoms with Crippen molar-refractivity contribution in [3.8, 4) is 21.7 Å². The number of carbonyl (C=O) groups is 2. The molecule has 0 fully saturated rings. The largest absolute Gasteiger partial charge is 0.405 e. The molecule has 0 aliphatic heterocycles. The number of benzene rings is 1. The second-order valence-electron chi connectivity index (χ2n) is 7.02. The van der Waals surface area contributed by atoms with Crippen molar-refractivity contribution in [2.75, 3.05) is 11.6 Å². The lowest BCUT2D eigenvalue weighted by atomic mass is 10.1. The molecule has 1 N–H and O–H groups in total. The Labute approximate surface area is 190 Å². The summed E-state index contributed by atoms with van der Waals surface area (Å²) < 4.78 is 39.2.